The molecule has 0 bridgehead atoms. The Morgan fingerprint density at radius 3 is 2.48 bits per heavy atom. The minimum absolute atomic E-state index is 0.0130. The van der Waals surface area contributed by atoms with E-state index >= 15 is 0 Å². The highest BCUT2D eigenvalue weighted by atomic mass is 32.2. The molecular formula is C24H20N4OS2. The minimum atomic E-state index is 0.0130. The van der Waals surface area contributed by atoms with E-state index in [9.17, 15) is 4.79 Å². The quantitative estimate of drug-likeness (QED) is 0.334. The number of rotatable bonds is 6. The van der Waals surface area contributed by atoms with Gasteiger partial charge in [0, 0.05) is 5.75 Å². The predicted molar refractivity (Wildman–Crippen MR) is 127 cm³/mol. The normalized spacial score (nSPS) is 11.3. The Hall–Kier alpha value is -3.16. The first-order valence-corrected chi connectivity index (χ1v) is 11.8. The number of fused-ring (bicyclic) bond motifs is 1. The summed E-state index contributed by atoms with van der Waals surface area (Å²) in [7, 11) is 0. The third kappa shape index (κ3) is 3.94. The van der Waals surface area contributed by atoms with Gasteiger partial charge in [-0.25, -0.2) is 0 Å². The number of thiazole rings is 1. The van der Waals surface area contributed by atoms with Crippen LogP contribution < -0.4 is 4.87 Å². The highest BCUT2D eigenvalue weighted by Gasteiger charge is 2.18. The van der Waals surface area contributed by atoms with Crippen LogP contribution in [0.2, 0.25) is 0 Å². The van der Waals surface area contributed by atoms with Crippen LogP contribution in [0.4, 0.5) is 0 Å². The second-order valence-electron chi connectivity index (χ2n) is 7.22. The van der Waals surface area contributed by atoms with Gasteiger partial charge in [-0.05, 0) is 36.2 Å². The fraction of sp³-hybridized carbons (Fsp3) is 0.125. The summed E-state index contributed by atoms with van der Waals surface area (Å²) in [4.78, 5) is 12.7. The van der Waals surface area contributed by atoms with Gasteiger partial charge < -0.3 is 0 Å². The maximum absolute atomic E-state index is 12.7. The van der Waals surface area contributed by atoms with E-state index in [-0.39, 0.29) is 4.87 Å². The molecule has 0 aliphatic rings. The number of hydrogen-bond donors (Lipinski definition) is 0. The van der Waals surface area contributed by atoms with Crippen LogP contribution in [0.1, 0.15) is 17.0 Å². The van der Waals surface area contributed by atoms with Crippen LogP contribution in [0.3, 0.4) is 0 Å². The number of aromatic nitrogens is 4. The smallest absolute Gasteiger partial charge is 0.291 e. The maximum Gasteiger partial charge on any atom is 0.308 e. The molecule has 7 heteroatoms. The molecule has 0 aliphatic carbocycles. The van der Waals surface area contributed by atoms with Gasteiger partial charge in [-0.2, -0.15) is 0 Å². The van der Waals surface area contributed by atoms with Gasteiger partial charge in [-0.3, -0.25) is 13.9 Å². The molecule has 0 fully saturated rings. The zero-order valence-corrected chi connectivity index (χ0v) is 18.6. The van der Waals surface area contributed by atoms with Crippen LogP contribution >= 0.6 is 23.1 Å². The lowest BCUT2D eigenvalue weighted by molar-refractivity contribution is 0.724. The standard InChI is InChI=1S/C24H20N4OS2/c1-17-9-5-6-12-19(17)28-22(15-27-20-13-7-8-14-21(20)31-24(27)29)25-26-23(28)30-16-18-10-3-2-4-11-18/h2-14H,15-16H2,1H3. The maximum atomic E-state index is 12.7. The van der Waals surface area contributed by atoms with E-state index in [1.807, 2.05) is 54.6 Å². The van der Waals surface area contributed by atoms with E-state index in [1.54, 1.807) is 16.3 Å². The second-order valence-corrected chi connectivity index (χ2v) is 9.15. The highest BCUT2D eigenvalue weighted by Crippen LogP contribution is 2.27. The molecule has 0 radical (unpaired) electrons. The molecule has 2 aromatic heterocycles. The molecule has 0 atom stereocenters. The molecule has 0 N–H and O–H groups in total. The summed E-state index contributed by atoms with van der Waals surface area (Å²) in [6, 6.07) is 26.4. The number of hydrogen-bond acceptors (Lipinski definition) is 5. The number of nitrogens with zero attached hydrogens (tertiary/aromatic N) is 4. The SMILES string of the molecule is Cc1ccccc1-n1c(Cn2c(=O)sc3ccccc32)nnc1SCc1ccccc1. The average molecular weight is 445 g/mol. The van der Waals surface area contributed by atoms with Gasteiger partial charge in [0.05, 0.1) is 22.4 Å². The second kappa shape index (κ2) is 8.53. The highest BCUT2D eigenvalue weighted by molar-refractivity contribution is 7.98. The van der Waals surface area contributed by atoms with Crippen molar-refractivity contribution in [2.75, 3.05) is 0 Å². The molecule has 5 rings (SSSR count). The molecule has 31 heavy (non-hydrogen) atoms. The molecule has 5 aromatic rings. The van der Waals surface area contributed by atoms with Gasteiger partial charge in [-0.1, -0.05) is 83.8 Å². The van der Waals surface area contributed by atoms with Gasteiger partial charge in [0.25, 0.3) is 0 Å². The van der Waals surface area contributed by atoms with E-state index in [0.717, 1.165) is 38.2 Å². The lowest BCUT2D eigenvalue weighted by Gasteiger charge is -2.13. The largest absolute Gasteiger partial charge is 0.308 e. The van der Waals surface area contributed by atoms with Crippen molar-refractivity contribution in [1.29, 1.82) is 0 Å². The molecule has 5 nitrogen and oxygen atoms in total. The summed E-state index contributed by atoms with van der Waals surface area (Å²) in [6.45, 7) is 2.45. The van der Waals surface area contributed by atoms with Crippen molar-refractivity contribution in [1.82, 2.24) is 19.3 Å². The Bertz CT molecular complexity index is 1400. The Morgan fingerprint density at radius 1 is 0.903 bits per heavy atom. The summed E-state index contributed by atoms with van der Waals surface area (Å²) in [5.74, 6) is 1.54. The van der Waals surface area contributed by atoms with Gasteiger partial charge >= 0.3 is 4.87 Å². The first-order chi connectivity index (χ1) is 15.2. The van der Waals surface area contributed by atoms with Crippen LogP contribution in [-0.2, 0) is 12.3 Å². The van der Waals surface area contributed by atoms with Crippen LogP contribution in [0, 0.1) is 6.92 Å². The Labute approximate surface area is 188 Å². The summed E-state index contributed by atoms with van der Waals surface area (Å²) in [5.41, 5.74) is 4.32. The predicted octanol–water partition coefficient (Wildman–Crippen LogP) is 5.29. The van der Waals surface area contributed by atoms with Crippen molar-refractivity contribution in [2.24, 2.45) is 0 Å². The van der Waals surface area contributed by atoms with Gasteiger partial charge in [0.2, 0.25) is 0 Å². The summed E-state index contributed by atoms with van der Waals surface area (Å²) in [6.07, 6.45) is 0. The van der Waals surface area contributed by atoms with E-state index in [0.29, 0.717) is 6.54 Å². The molecule has 2 heterocycles. The molecule has 0 saturated heterocycles. The van der Waals surface area contributed by atoms with Crippen molar-refractivity contribution in [2.45, 2.75) is 24.4 Å². The zero-order valence-electron chi connectivity index (χ0n) is 16.9. The number of benzene rings is 3. The molecule has 3 aromatic carbocycles. The Morgan fingerprint density at radius 2 is 1.65 bits per heavy atom. The summed E-state index contributed by atoms with van der Waals surface area (Å²) >= 11 is 2.91. The van der Waals surface area contributed by atoms with Gasteiger partial charge in [-0.15, -0.1) is 10.2 Å². The molecule has 0 amide bonds. The average Bonchev–Trinajstić information content (AvgIpc) is 3.34. The molecule has 0 spiro atoms. The van der Waals surface area contributed by atoms with E-state index in [4.69, 9.17) is 0 Å². The van der Waals surface area contributed by atoms with Crippen molar-refractivity contribution in [3.63, 3.8) is 0 Å². The molecule has 0 unspecified atom stereocenters. The summed E-state index contributed by atoms with van der Waals surface area (Å²) < 4.78 is 4.85. The fourth-order valence-electron chi connectivity index (χ4n) is 3.58. The third-order valence-corrected chi connectivity index (χ3v) is 7.10. The topological polar surface area (TPSA) is 52.7 Å². The lowest BCUT2D eigenvalue weighted by Crippen LogP contribution is -2.17. The molecular weight excluding hydrogens is 424 g/mol. The zero-order chi connectivity index (χ0) is 21.2. The summed E-state index contributed by atoms with van der Waals surface area (Å²) in [5, 5.41) is 9.83. The van der Waals surface area contributed by atoms with Gasteiger partial charge in [0.1, 0.15) is 0 Å². The number of aryl methyl sites for hydroxylation is 1. The van der Waals surface area contributed by atoms with Gasteiger partial charge in [0.15, 0.2) is 11.0 Å². The number of para-hydroxylation sites is 2. The lowest BCUT2D eigenvalue weighted by atomic mass is 10.2. The molecule has 154 valence electrons. The van der Waals surface area contributed by atoms with Crippen molar-refractivity contribution in [3.05, 3.63) is 105 Å². The monoisotopic (exact) mass is 444 g/mol. The van der Waals surface area contributed by atoms with E-state index in [2.05, 4.69) is 46.0 Å². The van der Waals surface area contributed by atoms with Crippen LogP contribution in [0.5, 0.6) is 0 Å². The van der Waals surface area contributed by atoms with Crippen molar-refractivity contribution < 1.29 is 0 Å². The van der Waals surface area contributed by atoms with Crippen LogP contribution in [0.25, 0.3) is 15.9 Å². The Balaban J connectivity index is 1.57. The van der Waals surface area contributed by atoms with Crippen molar-refractivity contribution in [3.8, 4) is 5.69 Å². The van der Waals surface area contributed by atoms with Crippen LogP contribution in [0.15, 0.2) is 88.8 Å². The molecule has 0 saturated carbocycles. The third-order valence-electron chi connectivity index (χ3n) is 5.14. The Kier molecular flexibility index (Phi) is 5.44. The van der Waals surface area contributed by atoms with E-state index in [1.165, 1.54) is 16.9 Å². The first kappa shape index (κ1) is 19.8. The van der Waals surface area contributed by atoms with Crippen molar-refractivity contribution >= 4 is 33.3 Å². The van der Waals surface area contributed by atoms with E-state index < -0.39 is 0 Å². The molecule has 0 aliphatic heterocycles. The first-order valence-electron chi connectivity index (χ1n) is 9.96. The van der Waals surface area contributed by atoms with Crippen LogP contribution in [-0.4, -0.2) is 19.3 Å². The minimum Gasteiger partial charge on any atom is -0.291 e. The number of thioether (sulfide) groups is 1. The fourth-order valence-corrected chi connectivity index (χ4v) is 5.39.